The van der Waals surface area contributed by atoms with E-state index in [1.54, 1.807) is 18.2 Å². The van der Waals surface area contributed by atoms with Crippen LogP contribution >= 0.6 is 11.6 Å². The first kappa shape index (κ1) is 17.8. The van der Waals surface area contributed by atoms with Gasteiger partial charge in [-0.1, -0.05) is 53.8 Å². The van der Waals surface area contributed by atoms with Gasteiger partial charge in [0.25, 0.3) is 5.56 Å². The molecule has 0 saturated heterocycles. The Bertz CT molecular complexity index is 1380. The first-order valence-electron chi connectivity index (χ1n) is 8.52. The molecule has 4 aromatic rings. The lowest BCUT2D eigenvalue weighted by atomic mass is 10.1. The lowest BCUT2D eigenvalue weighted by Gasteiger charge is -2.08. The zero-order chi connectivity index (χ0) is 19.7. The third-order valence-corrected chi connectivity index (χ3v) is 4.57. The molecule has 136 valence electrons. The summed E-state index contributed by atoms with van der Waals surface area (Å²) in [6, 6.07) is 16.4. The van der Waals surface area contributed by atoms with E-state index in [2.05, 4.69) is 21.8 Å². The topological polar surface area (TPSA) is 67.8 Å². The van der Waals surface area contributed by atoms with Crippen molar-refractivity contribution in [3.8, 4) is 17.7 Å². The van der Waals surface area contributed by atoms with Crippen LogP contribution in [0.3, 0.4) is 0 Å². The Kier molecular flexibility index (Phi) is 4.56. The van der Waals surface area contributed by atoms with Crippen LogP contribution in [0, 0.1) is 18.8 Å². The number of fused-ring (bicyclic) bond motifs is 1. The molecule has 0 bridgehead atoms. The molecule has 4 rings (SSSR count). The largest absolute Gasteiger partial charge is 0.334 e. The third-order valence-electron chi connectivity index (χ3n) is 4.29. The summed E-state index contributed by atoms with van der Waals surface area (Å²) in [7, 11) is 0. The van der Waals surface area contributed by atoms with Gasteiger partial charge in [0.1, 0.15) is 0 Å². The lowest BCUT2D eigenvalue weighted by molar-refractivity contribution is 0.867. The fraction of sp³-hybridized carbons (Fsp3) is 0.0455. The Morgan fingerprint density at radius 3 is 2.50 bits per heavy atom. The predicted molar refractivity (Wildman–Crippen MR) is 110 cm³/mol. The number of H-pyrrole nitrogens is 1. The van der Waals surface area contributed by atoms with Crippen LogP contribution in [0.25, 0.3) is 16.7 Å². The summed E-state index contributed by atoms with van der Waals surface area (Å²) in [5.41, 5.74) is 1.62. The smallest absolute Gasteiger partial charge is 0.306 e. The van der Waals surface area contributed by atoms with Gasteiger partial charge < -0.3 is 4.98 Å². The predicted octanol–water partition coefficient (Wildman–Crippen LogP) is 3.44. The van der Waals surface area contributed by atoms with E-state index in [0.29, 0.717) is 16.5 Å². The monoisotopic (exact) mass is 387 g/mol. The molecule has 2 heterocycles. The molecule has 0 unspecified atom stereocenters. The summed E-state index contributed by atoms with van der Waals surface area (Å²) in [5.74, 6) is 6.07. The fourth-order valence-corrected chi connectivity index (χ4v) is 3.20. The van der Waals surface area contributed by atoms with E-state index in [9.17, 15) is 9.59 Å². The normalized spacial score (nSPS) is 10.5. The van der Waals surface area contributed by atoms with Crippen LogP contribution in [0.15, 0.2) is 70.4 Å². The molecule has 0 spiro atoms. The zero-order valence-corrected chi connectivity index (χ0v) is 15.6. The van der Waals surface area contributed by atoms with Crippen molar-refractivity contribution in [3.05, 3.63) is 103 Å². The van der Waals surface area contributed by atoms with Crippen molar-refractivity contribution in [2.75, 3.05) is 0 Å². The van der Waals surface area contributed by atoms with Gasteiger partial charge in [0.05, 0.1) is 15.9 Å². The number of aromatic nitrogens is 3. The van der Waals surface area contributed by atoms with Gasteiger partial charge in [0.15, 0.2) is 5.82 Å². The van der Waals surface area contributed by atoms with Gasteiger partial charge >= 0.3 is 5.69 Å². The standard InChI is InChI=1S/C22H14ClN3O2/c1-14-6-5-9-18-19(14)21(27)26(22(28)25-18)20-17(23)12-16(13-24-20)11-10-15-7-3-2-4-8-15/h2-9,12-13H,1H3,(H,25,28). The van der Waals surface area contributed by atoms with Crippen LogP contribution < -0.4 is 11.2 Å². The second-order valence-electron chi connectivity index (χ2n) is 6.21. The van der Waals surface area contributed by atoms with Gasteiger partial charge in [-0.3, -0.25) is 4.79 Å². The summed E-state index contributed by atoms with van der Waals surface area (Å²) in [6.07, 6.45) is 1.49. The maximum atomic E-state index is 12.9. The second kappa shape index (κ2) is 7.18. The van der Waals surface area contributed by atoms with Gasteiger partial charge in [0, 0.05) is 17.3 Å². The zero-order valence-electron chi connectivity index (χ0n) is 14.9. The van der Waals surface area contributed by atoms with Crippen LogP contribution in [-0.2, 0) is 0 Å². The molecule has 1 N–H and O–H groups in total. The third kappa shape index (κ3) is 3.22. The van der Waals surface area contributed by atoms with Crippen LogP contribution in [0.4, 0.5) is 0 Å². The molecule has 2 aromatic carbocycles. The molecule has 2 aromatic heterocycles. The Hall–Kier alpha value is -3.62. The number of nitrogens with zero attached hydrogens (tertiary/aromatic N) is 2. The summed E-state index contributed by atoms with van der Waals surface area (Å²) in [6.45, 7) is 1.81. The van der Waals surface area contributed by atoms with E-state index in [4.69, 9.17) is 11.6 Å². The Morgan fingerprint density at radius 2 is 1.75 bits per heavy atom. The summed E-state index contributed by atoms with van der Waals surface area (Å²) >= 11 is 6.34. The second-order valence-corrected chi connectivity index (χ2v) is 6.62. The molecule has 0 radical (unpaired) electrons. The SMILES string of the molecule is Cc1cccc2[nH]c(=O)n(-c3ncc(C#Cc4ccccc4)cc3Cl)c(=O)c12. The number of aromatic amines is 1. The van der Waals surface area contributed by atoms with E-state index in [-0.39, 0.29) is 10.8 Å². The van der Waals surface area contributed by atoms with E-state index < -0.39 is 11.2 Å². The Labute approximate surface area is 165 Å². The van der Waals surface area contributed by atoms with Gasteiger partial charge in [-0.25, -0.2) is 14.3 Å². The maximum absolute atomic E-state index is 12.9. The average Bonchev–Trinajstić information content (AvgIpc) is 2.68. The number of benzene rings is 2. The number of hydrogen-bond donors (Lipinski definition) is 1. The van der Waals surface area contributed by atoms with Crippen molar-refractivity contribution >= 4 is 22.5 Å². The first-order chi connectivity index (χ1) is 13.5. The maximum Gasteiger partial charge on any atom is 0.334 e. The molecule has 0 atom stereocenters. The highest BCUT2D eigenvalue weighted by Crippen LogP contribution is 2.18. The number of pyridine rings is 1. The van der Waals surface area contributed by atoms with Gasteiger partial charge in [-0.05, 0) is 36.8 Å². The van der Waals surface area contributed by atoms with Crippen molar-refractivity contribution in [1.29, 1.82) is 0 Å². The van der Waals surface area contributed by atoms with Crippen LogP contribution in [0.1, 0.15) is 16.7 Å². The van der Waals surface area contributed by atoms with Gasteiger partial charge in [0.2, 0.25) is 0 Å². The molecule has 28 heavy (non-hydrogen) atoms. The molecular formula is C22H14ClN3O2. The lowest BCUT2D eigenvalue weighted by Crippen LogP contribution is -2.34. The number of halogens is 1. The number of aryl methyl sites for hydroxylation is 1. The summed E-state index contributed by atoms with van der Waals surface area (Å²) in [4.78, 5) is 32.4. The quantitative estimate of drug-likeness (QED) is 0.509. The highest BCUT2D eigenvalue weighted by Gasteiger charge is 2.15. The molecule has 6 heteroatoms. The van der Waals surface area contributed by atoms with Crippen molar-refractivity contribution in [2.24, 2.45) is 0 Å². The molecule has 0 fully saturated rings. The molecule has 0 aliphatic heterocycles. The Morgan fingerprint density at radius 1 is 1.00 bits per heavy atom. The molecule has 0 saturated carbocycles. The van der Waals surface area contributed by atoms with Crippen LogP contribution in [-0.4, -0.2) is 14.5 Å². The number of rotatable bonds is 1. The van der Waals surface area contributed by atoms with E-state index in [1.807, 2.05) is 43.3 Å². The highest BCUT2D eigenvalue weighted by molar-refractivity contribution is 6.32. The molecular weight excluding hydrogens is 374 g/mol. The number of hydrogen-bond acceptors (Lipinski definition) is 3. The van der Waals surface area contributed by atoms with Crippen molar-refractivity contribution in [1.82, 2.24) is 14.5 Å². The minimum absolute atomic E-state index is 0.0725. The first-order valence-corrected chi connectivity index (χ1v) is 8.90. The Balaban J connectivity index is 1.83. The minimum Gasteiger partial charge on any atom is -0.306 e. The van der Waals surface area contributed by atoms with Crippen molar-refractivity contribution in [2.45, 2.75) is 6.92 Å². The van der Waals surface area contributed by atoms with Crippen LogP contribution in [0.5, 0.6) is 0 Å². The molecule has 5 nitrogen and oxygen atoms in total. The van der Waals surface area contributed by atoms with Crippen molar-refractivity contribution < 1.29 is 0 Å². The fourth-order valence-electron chi connectivity index (χ4n) is 2.95. The van der Waals surface area contributed by atoms with Crippen LogP contribution in [0.2, 0.25) is 5.02 Å². The minimum atomic E-state index is -0.597. The van der Waals surface area contributed by atoms with E-state index in [1.165, 1.54) is 6.20 Å². The van der Waals surface area contributed by atoms with E-state index in [0.717, 1.165) is 15.7 Å². The molecule has 0 amide bonds. The average molecular weight is 388 g/mol. The summed E-state index contributed by atoms with van der Waals surface area (Å²) < 4.78 is 0.950. The molecule has 0 aliphatic carbocycles. The van der Waals surface area contributed by atoms with Gasteiger partial charge in [-0.2, -0.15) is 0 Å². The van der Waals surface area contributed by atoms with Gasteiger partial charge in [-0.15, -0.1) is 0 Å². The van der Waals surface area contributed by atoms with Crippen molar-refractivity contribution in [3.63, 3.8) is 0 Å². The molecule has 0 aliphatic rings. The van der Waals surface area contributed by atoms with E-state index >= 15 is 0 Å². The summed E-state index contributed by atoms with van der Waals surface area (Å²) in [5, 5.41) is 0.591. The number of nitrogens with one attached hydrogen (secondary N) is 1. The highest BCUT2D eigenvalue weighted by atomic mass is 35.5.